The van der Waals surface area contributed by atoms with Crippen LogP contribution in [0.3, 0.4) is 0 Å². The van der Waals surface area contributed by atoms with Gasteiger partial charge in [0.05, 0.1) is 11.6 Å². The second-order valence-electron chi connectivity index (χ2n) is 7.32. The van der Waals surface area contributed by atoms with Crippen molar-refractivity contribution in [1.82, 2.24) is 5.01 Å². The molecule has 0 spiro atoms. The molecule has 0 bridgehead atoms. The van der Waals surface area contributed by atoms with Crippen LogP contribution in [0.5, 0.6) is 0 Å². The number of carbonyl (C=O) groups is 1. The van der Waals surface area contributed by atoms with Crippen LogP contribution >= 0.6 is 11.8 Å². The zero-order chi connectivity index (χ0) is 20.2. The zero-order valence-electron chi connectivity index (χ0n) is 16.9. The molecular formula is C25H26N2OS. The maximum Gasteiger partial charge on any atom is 0.253 e. The molecule has 0 aromatic heterocycles. The fourth-order valence-corrected chi connectivity index (χ4v) is 4.84. The molecule has 3 nitrogen and oxygen atoms in total. The van der Waals surface area contributed by atoms with Crippen molar-refractivity contribution in [2.24, 2.45) is 0 Å². The van der Waals surface area contributed by atoms with Crippen LogP contribution < -0.4 is 5.01 Å². The highest BCUT2D eigenvalue weighted by Gasteiger charge is 2.40. The summed E-state index contributed by atoms with van der Waals surface area (Å²) in [7, 11) is 2.00. The summed E-state index contributed by atoms with van der Waals surface area (Å²) in [5.74, 6) is 0.959. The van der Waals surface area contributed by atoms with E-state index in [1.807, 2.05) is 72.3 Å². The number of nitrogens with zero attached hydrogens (tertiary/aromatic N) is 2. The minimum atomic E-state index is -0.250. The van der Waals surface area contributed by atoms with Crippen LogP contribution in [0.25, 0.3) is 0 Å². The summed E-state index contributed by atoms with van der Waals surface area (Å²) in [5.41, 5.74) is 4.35. The van der Waals surface area contributed by atoms with Gasteiger partial charge in [-0.2, -0.15) is 0 Å². The van der Waals surface area contributed by atoms with E-state index >= 15 is 0 Å². The van der Waals surface area contributed by atoms with Crippen LogP contribution in [0.2, 0.25) is 0 Å². The van der Waals surface area contributed by atoms with Crippen LogP contribution in [0.15, 0.2) is 83.8 Å². The van der Waals surface area contributed by atoms with E-state index in [4.69, 9.17) is 0 Å². The number of hydrogen-bond donors (Lipinski definition) is 0. The Bertz CT molecular complexity index is 989. The molecule has 0 fully saturated rings. The van der Waals surface area contributed by atoms with Gasteiger partial charge in [0.2, 0.25) is 0 Å². The lowest BCUT2D eigenvalue weighted by Gasteiger charge is -2.29. The van der Waals surface area contributed by atoms with E-state index in [2.05, 4.69) is 42.3 Å². The first-order valence-corrected chi connectivity index (χ1v) is 11.1. The summed E-state index contributed by atoms with van der Waals surface area (Å²) in [6.07, 6.45) is 1.14. The molecule has 4 heteroatoms. The van der Waals surface area contributed by atoms with Crippen LogP contribution in [0.1, 0.15) is 36.0 Å². The third kappa shape index (κ3) is 3.96. The number of carbonyl (C=O) groups excluding carboxylic acids is 1. The van der Waals surface area contributed by atoms with Crippen molar-refractivity contribution in [2.45, 2.75) is 30.7 Å². The van der Waals surface area contributed by atoms with Crippen molar-refractivity contribution < 1.29 is 4.79 Å². The minimum absolute atomic E-state index is 0.110. The van der Waals surface area contributed by atoms with E-state index in [-0.39, 0.29) is 11.8 Å². The number of benzene rings is 3. The number of hydrogen-bond acceptors (Lipinski definition) is 3. The Hall–Kier alpha value is -2.56. The van der Waals surface area contributed by atoms with Crippen LogP contribution in [-0.2, 0) is 11.3 Å². The van der Waals surface area contributed by atoms with Crippen molar-refractivity contribution >= 4 is 23.4 Å². The molecule has 3 aromatic rings. The number of anilines is 1. The van der Waals surface area contributed by atoms with Gasteiger partial charge in [0.1, 0.15) is 0 Å². The smallest absolute Gasteiger partial charge is 0.253 e. The summed E-state index contributed by atoms with van der Waals surface area (Å²) in [6.45, 7) is 2.89. The van der Waals surface area contributed by atoms with Crippen molar-refractivity contribution in [3.05, 3.63) is 95.6 Å². The third-order valence-electron chi connectivity index (χ3n) is 5.24. The van der Waals surface area contributed by atoms with Crippen molar-refractivity contribution in [2.75, 3.05) is 17.8 Å². The first-order chi connectivity index (χ1) is 14.2. The lowest BCUT2D eigenvalue weighted by atomic mass is 9.93. The summed E-state index contributed by atoms with van der Waals surface area (Å²) >= 11 is 1.89. The third-order valence-corrected chi connectivity index (χ3v) is 6.56. The van der Waals surface area contributed by atoms with Crippen LogP contribution in [-0.4, -0.2) is 23.7 Å². The van der Waals surface area contributed by atoms with Gasteiger partial charge in [0.25, 0.3) is 5.91 Å². The van der Waals surface area contributed by atoms with Gasteiger partial charge < -0.3 is 0 Å². The predicted octanol–water partition coefficient (Wildman–Crippen LogP) is 5.71. The Morgan fingerprint density at radius 3 is 2.41 bits per heavy atom. The summed E-state index contributed by atoms with van der Waals surface area (Å²) in [5, 5.41) is 3.91. The average molecular weight is 403 g/mol. The second kappa shape index (κ2) is 8.85. The van der Waals surface area contributed by atoms with Gasteiger partial charge in [-0.15, -0.1) is 11.8 Å². The number of para-hydroxylation sites is 1. The van der Waals surface area contributed by atoms with E-state index < -0.39 is 0 Å². The Kier molecular flexibility index (Phi) is 6.02. The number of thioether (sulfide) groups is 1. The Morgan fingerprint density at radius 1 is 0.931 bits per heavy atom. The van der Waals surface area contributed by atoms with Crippen molar-refractivity contribution in [1.29, 1.82) is 0 Å². The van der Waals surface area contributed by atoms with Gasteiger partial charge >= 0.3 is 0 Å². The van der Waals surface area contributed by atoms with Crippen molar-refractivity contribution in [3.8, 4) is 0 Å². The number of hydrazine groups is 1. The summed E-state index contributed by atoms with van der Waals surface area (Å²) < 4.78 is 0. The Labute approximate surface area is 177 Å². The van der Waals surface area contributed by atoms with Gasteiger partial charge in [0.15, 0.2) is 0 Å². The minimum Gasteiger partial charge on any atom is -0.272 e. The molecule has 0 unspecified atom stereocenters. The summed E-state index contributed by atoms with van der Waals surface area (Å²) in [4.78, 5) is 14.8. The van der Waals surface area contributed by atoms with Gasteiger partial charge in [-0.25, -0.2) is 10.0 Å². The van der Waals surface area contributed by atoms with E-state index in [9.17, 15) is 4.79 Å². The Balaban J connectivity index is 1.64. The number of amides is 1. The highest BCUT2D eigenvalue weighted by atomic mass is 32.2. The first-order valence-electron chi connectivity index (χ1n) is 10.1. The topological polar surface area (TPSA) is 23.6 Å². The highest BCUT2D eigenvalue weighted by Crippen LogP contribution is 2.42. The summed E-state index contributed by atoms with van der Waals surface area (Å²) in [6, 6.07) is 26.7. The van der Waals surface area contributed by atoms with E-state index in [1.54, 1.807) is 0 Å². The molecule has 148 valence electrons. The first kappa shape index (κ1) is 19.7. The predicted molar refractivity (Wildman–Crippen MR) is 121 cm³/mol. The van der Waals surface area contributed by atoms with Gasteiger partial charge in [0, 0.05) is 18.5 Å². The molecule has 1 aliphatic rings. The number of rotatable bonds is 7. The van der Waals surface area contributed by atoms with E-state index in [0.29, 0.717) is 6.54 Å². The van der Waals surface area contributed by atoms with E-state index in [1.165, 1.54) is 10.5 Å². The molecule has 0 N–H and O–H groups in total. The molecule has 4 rings (SSSR count). The highest BCUT2D eigenvalue weighted by molar-refractivity contribution is 7.99. The molecule has 0 saturated heterocycles. The molecular weight excluding hydrogens is 376 g/mol. The molecule has 1 amide bonds. The molecule has 29 heavy (non-hydrogen) atoms. The molecule has 1 heterocycles. The van der Waals surface area contributed by atoms with Crippen LogP contribution in [0, 0.1) is 0 Å². The van der Waals surface area contributed by atoms with Gasteiger partial charge in [-0.1, -0.05) is 73.7 Å². The standard InChI is InChI=1S/C25H26N2OS/c1-3-17-29-23-16-10-7-13-20(23)18-26(2)27-22-15-9-8-14-21(22)24(25(27)28)19-11-5-4-6-12-19/h4-16,24H,3,17-18H2,1-2H3/t24-/m0/s1. The second-order valence-corrected chi connectivity index (χ2v) is 8.46. The Morgan fingerprint density at radius 2 is 1.62 bits per heavy atom. The molecule has 0 saturated carbocycles. The van der Waals surface area contributed by atoms with Gasteiger partial charge in [-0.3, -0.25) is 4.79 Å². The normalized spacial score (nSPS) is 15.8. The lowest BCUT2D eigenvalue weighted by molar-refractivity contribution is -0.121. The maximum atomic E-state index is 13.5. The average Bonchev–Trinajstić information content (AvgIpc) is 3.05. The molecule has 1 atom stereocenters. The van der Waals surface area contributed by atoms with E-state index in [0.717, 1.165) is 29.0 Å². The fourth-order valence-electron chi connectivity index (χ4n) is 3.92. The monoisotopic (exact) mass is 402 g/mol. The maximum absolute atomic E-state index is 13.5. The zero-order valence-corrected chi connectivity index (χ0v) is 17.7. The number of fused-ring (bicyclic) bond motifs is 1. The SMILES string of the molecule is CCCSc1ccccc1CN(C)N1C(=O)[C@@H](c2ccccc2)c2ccccc21. The fraction of sp³-hybridized carbons (Fsp3) is 0.240. The molecule has 0 radical (unpaired) electrons. The quantitative estimate of drug-likeness (QED) is 0.473. The molecule has 1 aliphatic heterocycles. The van der Waals surface area contributed by atoms with Gasteiger partial charge in [-0.05, 0) is 41.0 Å². The molecule has 0 aliphatic carbocycles. The lowest BCUT2D eigenvalue weighted by Crippen LogP contribution is -2.42. The van der Waals surface area contributed by atoms with Crippen LogP contribution in [0.4, 0.5) is 5.69 Å². The van der Waals surface area contributed by atoms with Crippen molar-refractivity contribution in [3.63, 3.8) is 0 Å². The molecule has 3 aromatic carbocycles. The largest absolute Gasteiger partial charge is 0.272 e.